The van der Waals surface area contributed by atoms with E-state index < -0.39 is 0 Å². The van der Waals surface area contributed by atoms with E-state index in [2.05, 4.69) is 33.2 Å². The predicted octanol–water partition coefficient (Wildman–Crippen LogP) is 4.30. The van der Waals surface area contributed by atoms with Gasteiger partial charge in [0, 0.05) is 16.5 Å². The van der Waals surface area contributed by atoms with Crippen LogP contribution in [0.15, 0.2) is 33.3 Å². The SMILES string of the molecule is CCNCCCc1ncc(-c2cccc(Br)c2Cl)o1. The highest BCUT2D eigenvalue weighted by Gasteiger charge is 2.11. The summed E-state index contributed by atoms with van der Waals surface area (Å²) in [6, 6.07) is 5.76. The Bertz CT molecular complexity index is 542. The average Bonchev–Trinajstić information content (AvgIpc) is 2.87. The molecule has 1 aromatic heterocycles. The van der Waals surface area contributed by atoms with E-state index in [1.54, 1.807) is 6.20 Å². The zero-order valence-electron chi connectivity index (χ0n) is 10.7. The number of nitrogens with one attached hydrogen (secondary N) is 1. The Hall–Kier alpha value is -0.840. The highest BCUT2D eigenvalue weighted by Crippen LogP contribution is 2.33. The number of benzene rings is 1. The molecule has 0 aliphatic heterocycles. The topological polar surface area (TPSA) is 38.1 Å². The van der Waals surface area contributed by atoms with Crippen molar-refractivity contribution in [1.29, 1.82) is 0 Å². The van der Waals surface area contributed by atoms with Crippen LogP contribution in [-0.4, -0.2) is 18.1 Å². The monoisotopic (exact) mass is 342 g/mol. The van der Waals surface area contributed by atoms with Crippen LogP contribution in [0.25, 0.3) is 11.3 Å². The first kappa shape index (κ1) is 14.6. The molecule has 102 valence electrons. The third-order valence-electron chi connectivity index (χ3n) is 2.76. The summed E-state index contributed by atoms with van der Waals surface area (Å²) in [4.78, 5) is 4.29. The fourth-order valence-corrected chi connectivity index (χ4v) is 2.37. The molecular weight excluding hydrogens is 328 g/mol. The number of hydrogen-bond donors (Lipinski definition) is 1. The average molecular weight is 344 g/mol. The molecule has 0 saturated heterocycles. The molecular formula is C14H16BrClN2O. The minimum atomic E-state index is 0.651. The van der Waals surface area contributed by atoms with Crippen LogP contribution in [0.4, 0.5) is 0 Å². The van der Waals surface area contributed by atoms with Gasteiger partial charge in [0.25, 0.3) is 0 Å². The third-order valence-corrected chi connectivity index (χ3v) is 4.06. The summed E-state index contributed by atoms with van der Waals surface area (Å²) >= 11 is 9.64. The highest BCUT2D eigenvalue weighted by atomic mass is 79.9. The van der Waals surface area contributed by atoms with Crippen LogP contribution in [0.3, 0.4) is 0 Å². The second-order valence-corrected chi connectivity index (χ2v) is 5.41. The third kappa shape index (κ3) is 3.81. The van der Waals surface area contributed by atoms with Gasteiger partial charge in [0.05, 0.1) is 11.2 Å². The van der Waals surface area contributed by atoms with Crippen molar-refractivity contribution in [3.63, 3.8) is 0 Å². The summed E-state index contributed by atoms with van der Waals surface area (Å²) in [6.07, 6.45) is 3.58. The summed E-state index contributed by atoms with van der Waals surface area (Å²) in [6.45, 7) is 4.06. The van der Waals surface area contributed by atoms with Crippen molar-refractivity contribution in [2.45, 2.75) is 19.8 Å². The summed E-state index contributed by atoms with van der Waals surface area (Å²) in [5.41, 5.74) is 0.862. The van der Waals surface area contributed by atoms with Crippen molar-refractivity contribution in [3.05, 3.63) is 39.8 Å². The Morgan fingerprint density at radius 3 is 3.05 bits per heavy atom. The molecule has 2 rings (SSSR count). The molecule has 0 saturated carbocycles. The zero-order valence-corrected chi connectivity index (χ0v) is 13.1. The van der Waals surface area contributed by atoms with Crippen molar-refractivity contribution < 1.29 is 4.42 Å². The Labute approximate surface area is 126 Å². The van der Waals surface area contributed by atoms with Gasteiger partial charge in [0.2, 0.25) is 0 Å². The van der Waals surface area contributed by atoms with Gasteiger partial charge in [0.1, 0.15) is 0 Å². The lowest BCUT2D eigenvalue weighted by molar-refractivity contribution is 0.493. The molecule has 1 heterocycles. The van der Waals surface area contributed by atoms with E-state index in [1.165, 1.54) is 0 Å². The molecule has 0 atom stereocenters. The first-order chi connectivity index (χ1) is 9.22. The van der Waals surface area contributed by atoms with Crippen LogP contribution in [-0.2, 0) is 6.42 Å². The van der Waals surface area contributed by atoms with Crippen LogP contribution in [0.5, 0.6) is 0 Å². The van der Waals surface area contributed by atoms with Gasteiger partial charge in [-0.05, 0) is 47.6 Å². The molecule has 0 radical (unpaired) electrons. The second-order valence-electron chi connectivity index (χ2n) is 4.18. The molecule has 19 heavy (non-hydrogen) atoms. The van der Waals surface area contributed by atoms with E-state index in [-0.39, 0.29) is 0 Å². The zero-order chi connectivity index (χ0) is 13.7. The molecule has 0 fully saturated rings. The minimum absolute atomic E-state index is 0.651. The lowest BCUT2D eigenvalue weighted by Gasteiger charge is -2.02. The fraction of sp³-hybridized carbons (Fsp3) is 0.357. The molecule has 1 aromatic carbocycles. The molecule has 5 heteroatoms. The molecule has 0 bridgehead atoms. The number of nitrogens with zero attached hydrogens (tertiary/aromatic N) is 1. The number of hydrogen-bond acceptors (Lipinski definition) is 3. The van der Waals surface area contributed by atoms with E-state index in [1.807, 2.05) is 18.2 Å². The molecule has 2 aromatic rings. The number of halogens is 2. The van der Waals surface area contributed by atoms with Crippen molar-refractivity contribution in [3.8, 4) is 11.3 Å². The number of rotatable bonds is 6. The van der Waals surface area contributed by atoms with E-state index in [0.717, 1.165) is 41.9 Å². The smallest absolute Gasteiger partial charge is 0.194 e. The first-order valence-electron chi connectivity index (χ1n) is 6.32. The van der Waals surface area contributed by atoms with Crippen LogP contribution < -0.4 is 5.32 Å². The molecule has 0 unspecified atom stereocenters. The number of oxazole rings is 1. The molecule has 3 nitrogen and oxygen atoms in total. The molecule has 0 aliphatic carbocycles. The number of aromatic nitrogens is 1. The Balaban J connectivity index is 2.06. The van der Waals surface area contributed by atoms with E-state index in [9.17, 15) is 0 Å². The van der Waals surface area contributed by atoms with Gasteiger partial charge in [-0.25, -0.2) is 4.98 Å². The maximum Gasteiger partial charge on any atom is 0.194 e. The van der Waals surface area contributed by atoms with Crippen LogP contribution in [0.1, 0.15) is 19.2 Å². The van der Waals surface area contributed by atoms with E-state index in [4.69, 9.17) is 16.0 Å². The maximum absolute atomic E-state index is 6.24. The second kappa shape index (κ2) is 7.08. The van der Waals surface area contributed by atoms with E-state index in [0.29, 0.717) is 10.8 Å². The van der Waals surface area contributed by atoms with Gasteiger partial charge in [0.15, 0.2) is 11.7 Å². The van der Waals surface area contributed by atoms with E-state index >= 15 is 0 Å². The number of aryl methyl sites for hydroxylation is 1. The predicted molar refractivity (Wildman–Crippen MR) is 81.5 cm³/mol. The molecule has 0 aliphatic rings. The van der Waals surface area contributed by atoms with Crippen LogP contribution >= 0.6 is 27.5 Å². The largest absolute Gasteiger partial charge is 0.441 e. The molecule has 0 amide bonds. The Morgan fingerprint density at radius 1 is 1.42 bits per heavy atom. The first-order valence-corrected chi connectivity index (χ1v) is 7.49. The van der Waals surface area contributed by atoms with Gasteiger partial charge >= 0.3 is 0 Å². The normalized spacial score (nSPS) is 10.9. The highest BCUT2D eigenvalue weighted by molar-refractivity contribution is 9.10. The Morgan fingerprint density at radius 2 is 2.26 bits per heavy atom. The Kier molecular flexibility index (Phi) is 5.43. The lowest BCUT2D eigenvalue weighted by atomic mass is 10.2. The molecule has 1 N–H and O–H groups in total. The summed E-state index contributed by atoms with van der Waals surface area (Å²) in [5, 5.41) is 3.93. The summed E-state index contributed by atoms with van der Waals surface area (Å²) in [5.74, 6) is 1.47. The van der Waals surface area contributed by atoms with Crippen LogP contribution in [0.2, 0.25) is 5.02 Å². The van der Waals surface area contributed by atoms with Crippen LogP contribution in [0, 0.1) is 0 Å². The maximum atomic E-state index is 6.24. The van der Waals surface area contributed by atoms with Crippen molar-refractivity contribution in [2.75, 3.05) is 13.1 Å². The fourth-order valence-electron chi connectivity index (χ4n) is 1.79. The van der Waals surface area contributed by atoms with Gasteiger partial charge in [-0.2, -0.15) is 0 Å². The summed E-state index contributed by atoms with van der Waals surface area (Å²) < 4.78 is 6.60. The standard InChI is InChI=1S/C14H16BrClN2O/c1-2-17-8-4-7-13-18-9-12(19-13)10-5-3-6-11(15)14(10)16/h3,5-6,9,17H,2,4,7-8H2,1H3. The van der Waals surface area contributed by atoms with Crippen molar-refractivity contribution in [2.24, 2.45) is 0 Å². The van der Waals surface area contributed by atoms with Gasteiger partial charge in [-0.15, -0.1) is 0 Å². The minimum Gasteiger partial charge on any atom is -0.441 e. The molecule has 0 spiro atoms. The lowest BCUT2D eigenvalue weighted by Crippen LogP contribution is -2.14. The van der Waals surface area contributed by atoms with Gasteiger partial charge < -0.3 is 9.73 Å². The van der Waals surface area contributed by atoms with Crippen molar-refractivity contribution >= 4 is 27.5 Å². The van der Waals surface area contributed by atoms with Gasteiger partial charge in [-0.3, -0.25) is 0 Å². The quantitative estimate of drug-likeness (QED) is 0.795. The summed E-state index contributed by atoms with van der Waals surface area (Å²) in [7, 11) is 0. The van der Waals surface area contributed by atoms with Crippen molar-refractivity contribution in [1.82, 2.24) is 10.3 Å². The van der Waals surface area contributed by atoms with Gasteiger partial charge in [-0.1, -0.05) is 24.6 Å².